The van der Waals surface area contributed by atoms with Crippen LogP contribution in [0.4, 0.5) is 5.82 Å². The molecule has 2 heterocycles. The molecule has 0 bridgehead atoms. The first kappa shape index (κ1) is 18.5. The molecule has 1 unspecified atom stereocenters. The Morgan fingerprint density at radius 1 is 1.46 bits per heavy atom. The molecule has 132 valence electrons. The lowest BCUT2D eigenvalue weighted by atomic mass is 10.1. The molecule has 1 aromatic rings. The third-order valence-electron chi connectivity index (χ3n) is 4.18. The van der Waals surface area contributed by atoms with Crippen LogP contribution in [-0.4, -0.2) is 54.9 Å². The number of amides is 1. The minimum Gasteiger partial charge on any atom is -0.328 e. The Labute approximate surface area is 143 Å². The van der Waals surface area contributed by atoms with E-state index in [-0.39, 0.29) is 35.4 Å². The van der Waals surface area contributed by atoms with Crippen molar-refractivity contribution in [1.82, 2.24) is 9.47 Å². The van der Waals surface area contributed by atoms with Gasteiger partial charge in [-0.25, -0.2) is 8.42 Å². The fourth-order valence-corrected chi connectivity index (χ4v) is 4.46. The molecule has 0 radical (unpaired) electrons. The van der Waals surface area contributed by atoms with Crippen molar-refractivity contribution in [2.24, 2.45) is 0 Å². The van der Waals surface area contributed by atoms with Gasteiger partial charge in [-0.05, 0) is 33.9 Å². The van der Waals surface area contributed by atoms with E-state index in [9.17, 15) is 13.2 Å². The summed E-state index contributed by atoms with van der Waals surface area (Å²) in [4.78, 5) is 14.3. The fraction of sp³-hybridized carbons (Fsp3) is 0.625. The molecule has 1 aliphatic rings. The number of rotatable bonds is 3. The summed E-state index contributed by atoms with van der Waals surface area (Å²) in [5.41, 5.74) is 0.181. The highest BCUT2D eigenvalue weighted by Gasteiger charge is 2.30. The lowest BCUT2D eigenvalue weighted by Gasteiger charge is -2.32. The standard InChI is InChI=1S/C16H24N4O3S/c1-16(2,3)20-10-12(9-17)7-14(20)18-15(21)8-13-11-24(22,23)6-5-19(13)4/h7,10,13H,5-6,8,11H2,1-4H3,(H,18,21). The first-order valence-corrected chi connectivity index (χ1v) is 9.67. The summed E-state index contributed by atoms with van der Waals surface area (Å²) in [5, 5.41) is 11.9. The van der Waals surface area contributed by atoms with Crippen molar-refractivity contribution in [2.75, 3.05) is 30.4 Å². The van der Waals surface area contributed by atoms with Gasteiger partial charge in [-0.15, -0.1) is 0 Å². The van der Waals surface area contributed by atoms with Crippen LogP contribution < -0.4 is 5.32 Å². The molecular weight excluding hydrogens is 328 g/mol. The summed E-state index contributed by atoms with van der Waals surface area (Å²) in [5.74, 6) is 0.433. The molecule has 1 aromatic heterocycles. The maximum absolute atomic E-state index is 12.4. The normalized spacial score (nSPS) is 21.2. The van der Waals surface area contributed by atoms with Crippen molar-refractivity contribution in [1.29, 1.82) is 5.26 Å². The molecule has 1 fully saturated rings. The van der Waals surface area contributed by atoms with Crippen LogP contribution in [0.15, 0.2) is 12.3 Å². The Balaban J connectivity index is 2.13. The van der Waals surface area contributed by atoms with Crippen molar-refractivity contribution < 1.29 is 13.2 Å². The Hall–Kier alpha value is -1.85. The van der Waals surface area contributed by atoms with Crippen molar-refractivity contribution in [3.63, 3.8) is 0 Å². The fourth-order valence-electron chi connectivity index (χ4n) is 2.77. The molecule has 0 aromatic carbocycles. The van der Waals surface area contributed by atoms with E-state index in [1.165, 1.54) is 0 Å². The van der Waals surface area contributed by atoms with Gasteiger partial charge in [0.1, 0.15) is 11.9 Å². The molecule has 8 heteroatoms. The van der Waals surface area contributed by atoms with Gasteiger partial charge in [-0.1, -0.05) is 0 Å². The maximum Gasteiger partial charge on any atom is 0.227 e. The summed E-state index contributed by atoms with van der Waals surface area (Å²) >= 11 is 0. The number of hydrogen-bond acceptors (Lipinski definition) is 5. The lowest BCUT2D eigenvalue weighted by Crippen LogP contribution is -2.47. The molecule has 2 rings (SSSR count). The van der Waals surface area contributed by atoms with E-state index in [2.05, 4.69) is 11.4 Å². The molecule has 0 aliphatic carbocycles. The number of hydrogen-bond donors (Lipinski definition) is 1. The molecule has 0 spiro atoms. The third kappa shape index (κ3) is 4.36. The van der Waals surface area contributed by atoms with Gasteiger partial charge in [0.05, 0.1) is 17.1 Å². The quantitative estimate of drug-likeness (QED) is 0.881. The molecule has 1 atom stereocenters. The molecular formula is C16H24N4O3S. The summed E-state index contributed by atoms with van der Waals surface area (Å²) in [6.07, 6.45) is 1.81. The topological polar surface area (TPSA) is 95.2 Å². The second kappa shape index (κ2) is 6.57. The predicted molar refractivity (Wildman–Crippen MR) is 92.5 cm³/mol. The van der Waals surface area contributed by atoms with Crippen LogP contribution in [0.2, 0.25) is 0 Å². The van der Waals surface area contributed by atoms with Crippen LogP contribution in [0.5, 0.6) is 0 Å². The van der Waals surface area contributed by atoms with E-state index in [0.29, 0.717) is 17.9 Å². The third-order valence-corrected chi connectivity index (χ3v) is 5.88. The molecule has 24 heavy (non-hydrogen) atoms. The highest BCUT2D eigenvalue weighted by Crippen LogP contribution is 2.24. The van der Waals surface area contributed by atoms with Crippen LogP contribution in [0.25, 0.3) is 0 Å². The van der Waals surface area contributed by atoms with Crippen molar-refractivity contribution in [2.45, 2.75) is 38.8 Å². The second-order valence-electron chi connectivity index (χ2n) is 7.27. The zero-order chi connectivity index (χ0) is 18.1. The zero-order valence-electron chi connectivity index (χ0n) is 14.5. The zero-order valence-corrected chi connectivity index (χ0v) is 15.4. The van der Waals surface area contributed by atoms with Crippen molar-refractivity contribution in [3.8, 4) is 6.07 Å². The largest absolute Gasteiger partial charge is 0.328 e. The first-order valence-electron chi connectivity index (χ1n) is 7.85. The SMILES string of the molecule is CN1CCS(=O)(=O)CC1CC(=O)Nc1cc(C#N)cn1C(C)(C)C. The highest BCUT2D eigenvalue weighted by molar-refractivity contribution is 7.91. The van der Waals surface area contributed by atoms with Gasteiger partial charge in [-0.2, -0.15) is 5.26 Å². The van der Waals surface area contributed by atoms with Gasteiger partial charge in [0.15, 0.2) is 9.84 Å². The van der Waals surface area contributed by atoms with Gasteiger partial charge in [0, 0.05) is 30.7 Å². The molecule has 1 saturated heterocycles. The summed E-state index contributed by atoms with van der Waals surface area (Å²) in [7, 11) is -1.25. The molecule has 1 N–H and O–H groups in total. The molecule has 1 aliphatic heterocycles. The Bertz CT molecular complexity index is 768. The smallest absolute Gasteiger partial charge is 0.227 e. The van der Waals surface area contributed by atoms with Crippen LogP contribution in [0.1, 0.15) is 32.8 Å². The number of carbonyl (C=O) groups excluding carboxylic acids is 1. The number of carbonyl (C=O) groups is 1. The number of sulfone groups is 1. The van der Waals surface area contributed by atoms with Crippen molar-refractivity contribution in [3.05, 3.63) is 17.8 Å². The van der Waals surface area contributed by atoms with Crippen molar-refractivity contribution >= 4 is 21.6 Å². The van der Waals surface area contributed by atoms with Crippen LogP contribution in [0, 0.1) is 11.3 Å². The first-order chi connectivity index (χ1) is 11.0. The second-order valence-corrected chi connectivity index (χ2v) is 9.50. The Morgan fingerprint density at radius 3 is 2.71 bits per heavy atom. The number of aromatic nitrogens is 1. The lowest BCUT2D eigenvalue weighted by molar-refractivity contribution is -0.117. The van der Waals surface area contributed by atoms with Gasteiger partial charge in [-0.3, -0.25) is 4.79 Å². The van der Waals surface area contributed by atoms with Gasteiger partial charge >= 0.3 is 0 Å². The number of anilines is 1. The van der Waals surface area contributed by atoms with Gasteiger partial charge in [0.25, 0.3) is 0 Å². The molecule has 0 saturated carbocycles. The minimum absolute atomic E-state index is 0.000643. The monoisotopic (exact) mass is 352 g/mol. The Kier molecular flexibility index (Phi) is 5.06. The average Bonchev–Trinajstić information content (AvgIpc) is 2.85. The average molecular weight is 352 g/mol. The summed E-state index contributed by atoms with van der Waals surface area (Å²) in [6, 6.07) is 3.38. The van der Waals surface area contributed by atoms with Crippen LogP contribution >= 0.6 is 0 Å². The highest BCUT2D eigenvalue weighted by atomic mass is 32.2. The summed E-state index contributed by atoms with van der Waals surface area (Å²) in [6.45, 7) is 6.37. The molecule has 7 nitrogen and oxygen atoms in total. The number of nitrogens with zero attached hydrogens (tertiary/aromatic N) is 3. The van der Waals surface area contributed by atoms with Crippen LogP contribution in [0.3, 0.4) is 0 Å². The van der Waals surface area contributed by atoms with Gasteiger partial charge < -0.3 is 14.8 Å². The number of nitriles is 1. The van der Waals surface area contributed by atoms with E-state index in [4.69, 9.17) is 5.26 Å². The van der Waals surface area contributed by atoms with E-state index in [0.717, 1.165) is 0 Å². The summed E-state index contributed by atoms with van der Waals surface area (Å²) < 4.78 is 25.4. The maximum atomic E-state index is 12.4. The Morgan fingerprint density at radius 2 is 2.12 bits per heavy atom. The van der Waals surface area contributed by atoms with Crippen LogP contribution in [-0.2, 0) is 20.2 Å². The van der Waals surface area contributed by atoms with Gasteiger partial charge in [0.2, 0.25) is 5.91 Å². The van der Waals surface area contributed by atoms with E-state index in [1.807, 2.05) is 37.3 Å². The predicted octanol–water partition coefficient (Wildman–Crippen LogP) is 1.17. The molecule has 1 amide bonds. The number of nitrogens with one attached hydrogen (secondary N) is 1. The van der Waals surface area contributed by atoms with E-state index >= 15 is 0 Å². The minimum atomic E-state index is -3.08. The van der Waals surface area contributed by atoms with E-state index in [1.54, 1.807) is 12.3 Å². The van der Waals surface area contributed by atoms with E-state index < -0.39 is 9.84 Å².